The largest absolute Gasteiger partial charge is 0.492 e. The molecule has 2 aromatic rings. The van der Waals surface area contributed by atoms with Crippen molar-refractivity contribution in [3.05, 3.63) is 59.7 Å². The van der Waals surface area contributed by atoms with Crippen LogP contribution in [0.4, 0.5) is 5.69 Å². The van der Waals surface area contributed by atoms with Crippen LogP contribution in [0.3, 0.4) is 0 Å². The van der Waals surface area contributed by atoms with Crippen molar-refractivity contribution in [1.29, 1.82) is 0 Å². The number of anilines is 1. The molecule has 3 rings (SSSR count). The number of rotatable bonds is 10. The summed E-state index contributed by atoms with van der Waals surface area (Å²) in [5.41, 5.74) is 9.45. The molecule has 1 saturated heterocycles. The van der Waals surface area contributed by atoms with E-state index in [0.717, 1.165) is 56.0 Å². The Hall–Kier alpha value is -1.84. The maximum atomic E-state index is 6.09. The predicted octanol–water partition coefficient (Wildman–Crippen LogP) is 5.23. The van der Waals surface area contributed by atoms with E-state index in [1.54, 1.807) is 0 Å². The number of nitrogens with zero attached hydrogens (tertiary/aromatic N) is 2. The summed E-state index contributed by atoms with van der Waals surface area (Å²) < 4.78 is 11.4. The quantitative estimate of drug-likeness (QED) is 0.234. The number of nitrogens with two attached hydrogens (primary N) is 1. The van der Waals surface area contributed by atoms with Gasteiger partial charge in [0, 0.05) is 31.5 Å². The molecule has 1 unspecified atom stereocenters. The number of benzene rings is 2. The molecule has 7 heteroatoms. The molecule has 1 aliphatic rings. The highest BCUT2D eigenvalue weighted by molar-refractivity contribution is 14.0. The zero-order valence-corrected chi connectivity index (χ0v) is 22.5. The van der Waals surface area contributed by atoms with E-state index in [4.69, 9.17) is 15.2 Å². The molecule has 0 spiro atoms. The van der Waals surface area contributed by atoms with Gasteiger partial charge in [-0.1, -0.05) is 38.1 Å². The van der Waals surface area contributed by atoms with E-state index in [9.17, 15) is 0 Å². The monoisotopic (exact) mass is 566 g/mol. The minimum Gasteiger partial charge on any atom is -0.492 e. The van der Waals surface area contributed by atoms with Crippen molar-refractivity contribution in [3.63, 3.8) is 0 Å². The zero-order chi connectivity index (χ0) is 22.8. The third kappa shape index (κ3) is 9.14. The van der Waals surface area contributed by atoms with E-state index in [2.05, 4.69) is 60.4 Å². The standard InChI is InChI=1S/C26H38N4O2.HI/c1-4-20(2)22-8-10-23(11-9-22)29-26(27)28-19-21-6-5-7-25(18-21)32-17-14-30(3)24-12-15-31-16-13-24;/h5-11,18,20,24H,4,12-17,19H2,1-3H3,(H3,27,28,29);1H. The molecular formula is C26H39IN4O2. The van der Waals surface area contributed by atoms with Gasteiger partial charge in [-0.3, -0.25) is 4.90 Å². The molecule has 1 heterocycles. The molecule has 0 aliphatic carbocycles. The molecule has 0 bridgehead atoms. The van der Waals surface area contributed by atoms with Gasteiger partial charge in [0.25, 0.3) is 0 Å². The highest BCUT2D eigenvalue weighted by atomic mass is 127. The first-order valence-electron chi connectivity index (χ1n) is 11.7. The smallest absolute Gasteiger partial charge is 0.193 e. The molecule has 1 fully saturated rings. The highest BCUT2D eigenvalue weighted by Crippen LogP contribution is 2.20. The van der Waals surface area contributed by atoms with E-state index in [-0.39, 0.29) is 24.0 Å². The van der Waals surface area contributed by atoms with Gasteiger partial charge in [-0.25, -0.2) is 4.99 Å². The first-order chi connectivity index (χ1) is 15.5. The third-order valence-electron chi connectivity index (χ3n) is 6.22. The first-order valence-corrected chi connectivity index (χ1v) is 11.7. The van der Waals surface area contributed by atoms with Crippen LogP contribution in [0.1, 0.15) is 50.2 Å². The molecule has 0 aromatic heterocycles. The minimum absolute atomic E-state index is 0. The number of likely N-dealkylation sites (N-methyl/N-ethyl adjacent to an activating group) is 1. The first kappa shape index (κ1) is 27.4. The van der Waals surface area contributed by atoms with Crippen LogP contribution in [0, 0.1) is 0 Å². The van der Waals surface area contributed by atoms with Gasteiger partial charge in [0.1, 0.15) is 12.4 Å². The number of hydrogen-bond donors (Lipinski definition) is 2. The summed E-state index contributed by atoms with van der Waals surface area (Å²) in [4.78, 5) is 6.86. The second-order valence-electron chi connectivity index (χ2n) is 8.58. The summed E-state index contributed by atoms with van der Waals surface area (Å²) in [6.45, 7) is 8.23. The Morgan fingerprint density at radius 1 is 1.21 bits per heavy atom. The van der Waals surface area contributed by atoms with Crippen LogP contribution < -0.4 is 15.8 Å². The Labute approximate surface area is 216 Å². The molecule has 2 aromatic carbocycles. The fourth-order valence-corrected chi connectivity index (χ4v) is 3.84. The van der Waals surface area contributed by atoms with Crippen molar-refractivity contribution >= 4 is 35.6 Å². The Morgan fingerprint density at radius 2 is 1.94 bits per heavy atom. The van der Waals surface area contributed by atoms with E-state index in [1.807, 2.05) is 24.3 Å². The lowest BCUT2D eigenvalue weighted by Crippen LogP contribution is -2.38. The Morgan fingerprint density at radius 3 is 2.64 bits per heavy atom. The molecule has 1 aliphatic heterocycles. The Kier molecular flexibility index (Phi) is 12.0. The lowest BCUT2D eigenvalue weighted by atomic mass is 9.99. The number of aliphatic imine (C=N–C) groups is 1. The van der Waals surface area contributed by atoms with Gasteiger partial charge in [0.2, 0.25) is 0 Å². The van der Waals surface area contributed by atoms with Gasteiger partial charge < -0.3 is 20.5 Å². The molecular weight excluding hydrogens is 527 g/mol. The van der Waals surface area contributed by atoms with E-state index >= 15 is 0 Å². The fourth-order valence-electron chi connectivity index (χ4n) is 3.84. The average Bonchev–Trinajstić information content (AvgIpc) is 2.83. The molecule has 1 atom stereocenters. The van der Waals surface area contributed by atoms with Crippen LogP contribution in [0.5, 0.6) is 5.75 Å². The van der Waals surface area contributed by atoms with Crippen molar-refractivity contribution in [2.24, 2.45) is 10.7 Å². The van der Waals surface area contributed by atoms with Crippen molar-refractivity contribution in [3.8, 4) is 5.75 Å². The number of halogens is 1. The van der Waals surface area contributed by atoms with Crippen LogP contribution in [0.25, 0.3) is 0 Å². The summed E-state index contributed by atoms with van der Waals surface area (Å²) in [6.07, 6.45) is 3.33. The summed E-state index contributed by atoms with van der Waals surface area (Å²) in [5, 5.41) is 3.17. The molecule has 3 N–H and O–H groups in total. The summed E-state index contributed by atoms with van der Waals surface area (Å²) in [7, 11) is 2.16. The van der Waals surface area contributed by atoms with Crippen molar-refractivity contribution in [1.82, 2.24) is 4.90 Å². The SMILES string of the molecule is CCC(C)c1ccc(NC(N)=NCc2cccc(OCCN(C)C3CCOCC3)c2)cc1.I. The second-order valence-corrected chi connectivity index (χ2v) is 8.58. The van der Waals surface area contributed by atoms with Gasteiger partial charge in [-0.15, -0.1) is 24.0 Å². The summed E-state index contributed by atoms with van der Waals surface area (Å²) >= 11 is 0. The maximum absolute atomic E-state index is 6.09. The van der Waals surface area contributed by atoms with Crippen molar-refractivity contribution < 1.29 is 9.47 Å². The van der Waals surface area contributed by atoms with Crippen LogP contribution in [0.2, 0.25) is 0 Å². The number of hydrogen-bond acceptors (Lipinski definition) is 4. The highest BCUT2D eigenvalue weighted by Gasteiger charge is 2.17. The molecule has 0 amide bonds. The lowest BCUT2D eigenvalue weighted by molar-refractivity contribution is 0.0392. The maximum Gasteiger partial charge on any atom is 0.193 e. The number of ether oxygens (including phenoxy) is 2. The van der Waals surface area contributed by atoms with E-state index in [0.29, 0.717) is 31.1 Å². The average molecular weight is 567 g/mol. The normalized spacial score (nSPS) is 15.7. The molecule has 182 valence electrons. The third-order valence-corrected chi connectivity index (χ3v) is 6.22. The van der Waals surface area contributed by atoms with Gasteiger partial charge in [-0.2, -0.15) is 0 Å². The van der Waals surface area contributed by atoms with Gasteiger partial charge >= 0.3 is 0 Å². The molecule has 33 heavy (non-hydrogen) atoms. The Bertz CT molecular complexity index is 854. The fraction of sp³-hybridized carbons (Fsp3) is 0.500. The molecule has 6 nitrogen and oxygen atoms in total. The summed E-state index contributed by atoms with van der Waals surface area (Å²) in [5.74, 6) is 1.84. The van der Waals surface area contributed by atoms with Gasteiger partial charge in [0.15, 0.2) is 5.96 Å². The predicted molar refractivity (Wildman–Crippen MR) is 148 cm³/mol. The minimum atomic E-state index is 0. The van der Waals surface area contributed by atoms with Crippen LogP contribution in [-0.4, -0.2) is 50.3 Å². The zero-order valence-electron chi connectivity index (χ0n) is 20.1. The Balaban J connectivity index is 0.00000385. The molecule has 0 saturated carbocycles. The van der Waals surface area contributed by atoms with Crippen LogP contribution in [0.15, 0.2) is 53.5 Å². The number of guanidine groups is 1. The number of nitrogens with one attached hydrogen (secondary N) is 1. The van der Waals surface area contributed by atoms with Crippen molar-refractivity contribution in [2.75, 3.05) is 38.7 Å². The lowest BCUT2D eigenvalue weighted by Gasteiger charge is -2.31. The van der Waals surface area contributed by atoms with Crippen LogP contribution in [-0.2, 0) is 11.3 Å². The van der Waals surface area contributed by atoms with E-state index in [1.165, 1.54) is 5.56 Å². The van der Waals surface area contributed by atoms with Crippen molar-refractivity contribution in [2.45, 2.75) is 51.6 Å². The summed E-state index contributed by atoms with van der Waals surface area (Å²) in [6, 6.07) is 17.0. The van der Waals surface area contributed by atoms with Gasteiger partial charge in [0.05, 0.1) is 6.54 Å². The second kappa shape index (κ2) is 14.4. The van der Waals surface area contributed by atoms with E-state index < -0.39 is 0 Å². The molecule has 0 radical (unpaired) electrons. The van der Waals surface area contributed by atoms with Gasteiger partial charge in [-0.05, 0) is 67.6 Å². The topological polar surface area (TPSA) is 72.1 Å². The van der Waals surface area contributed by atoms with Crippen LogP contribution >= 0.6 is 24.0 Å².